The minimum atomic E-state index is -1.23. The zero-order valence-corrected chi connectivity index (χ0v) is 13.5. The first kappa shape index (κ1) is 16.5. The van der Waals surface area contributed by atoms with Crippen LogP contribution >= 0.6 is 0 Å². The van der Waals surface area contributed by atoms with Crippen molar-refractivity contribution in [1.82, 2.24) is 24.6 Å². The standard InChI is InChI=1S/C17H10F2N6O2/c18-13-6-10(7-21-15(13)19)27-11-5-12(16-22-9-23-25(16)8-11)17(26)24-14-3-1-2-4-20-14/h1-9H,(H,20,24,26). The van der Waals surface area contributed by atoms with Crippen LogP contribution < -0.4 is 10.1 Å². The molecule has 134 valence electrons. The van der Waals surface area contributed by atoms with Gasteiger partial charge in [0.05, 0.1) is 18.0 Å². The maximum atomic E-state index is 13.3. The first-order valence-corrected chi connectivity index (χ1v) is 7.65. The first-order chi connectivity index (χ1) is 13.1. The van der Waals surface area contributed by atoms with Gasteiger partial charge in [-0.1, -0.05) is 6.07 Å². The van der Waals surface area contributed by atoms with E-state index < -0.39 is 17.7 Å². The maximum absolute atomic E-state index is 13.3. The minimum Gasteiger partial charge on any atom is -0.454 e. The van der Waals surface area contributed by atoms with Gasteiger partial charge in [0.2, 0.25) is 5.95 Å². The van der Waals surface area contributed by atoms with E-state index in [9.17, 15) is 13.6 Å². The van der Waals surface area contributed by atoms with Gasteiger partial charge in [-0.05, 0) is 18.2 Å². The molecule has 0 atom stereocenters. The first-order valence-electron chi connectivity index (χ1n) is 7.65. The number of rotatable bonds is 4. The van der Waals surface area contributed by atoms with E-state index in [1.54, 1.807) is 18.2 Å². The smallest absolute Gasteiger partial charge is 0.260 e. The highest BCUT2D eigenvalue weighted by atomic mass is 19.2. The van der Waals surface area contributed by atoms with E-state index in [1.807, 2.05) is 0 Å². The van der Waals surface area contributed by atoms with Crippen LogP contribution in [0.1, 0.15) is 10.4 Å². The molecule has 4 rings (SSSR count). The lowest BCUT2D eigenvalue weighted by Gasteiger charge is -2.09. The van der Waals surface area contributed by atoms with E-state index in [4.69, 9.17) is 4.74 Å². The summed E-state index contributed by atoms with van der Waals surface area (Å²) in [6, 6.07) is 7.33. The van der Waals surface area contributed by atoms with Gasteiger partial charge in [-0.3, -0.25) is 4.79 Å². The highest BCUT2D eigenvalue weighted by Gasteiger charge is 2.16. The lowest BCUT2D eigenvalue weighted by molar-refractivity contribution is 0.102. The highest BCUT2D eigenvalue weighted by Crippen LogP contribution is 2.24. The second-order valence-electron chi connectivity index (χ2n) is 5.33. The van der Waals surface area contributed by atoms with Crippen LogP contribution in [-0.4, -0.2) is 30.5 Å². The number of anilines is 1. The molecule has 0 aliphatic carbocycles. The predicted molar refractivity (Wildman–Crippen MR) is 89.4 cm³/mol. The summed E-state index contributed by atoms with van der Waals surface area (Å²) in [5.41, 5.74) is 0.449. The van der Waals surface area contributed by atoms with Crippen molar-refractivity contribution in [2.75, 3.05) is 5.32 Å². The van der Waals surface area contributed by atoms with E-state index in [0.717, 1.165) is 12.3 Å². The number of pyridine rings is 3. The van der Waals surface area contributed by atoms with E-state index in [1.165, 1.54) is 29.3 Å². The number of nitrogens with one attached hydrogen (secondary N) is 1. The average Bonchev–Trinajstić information content (AvgIpc) is 3.13. The normalized spacial score (nSPS) is 10.7. The number of carbonyl (C=O) groups excluding carboxylic acids is 1. The van der Waals surface area contributed by atoms with Crippen molar-refractivity contribution in [2.45, 2.75) is 0 Å². The summed E-state index contributed by atoms with van der Waals surface area (Å²) in [4.78, 5) is 23.9. The third-order valence-corrected chi connectivity index (χ3v) is 3.51. The molecule has 0 bridgehead atoms. The molecule has 0 radical (unpaired) electrons. The van der Waals surface area contributed by atoms with Crippen LogP contribution in [0.25, 0.3) is 5.65 Å². The van der Waals surface area contributed by atoms with Crippen molar-refractivity contribution in [1.29, 1.82) is 0 Å². The number of fused-ring (bicyclic) bond motifs is 1. The molecule has 8 nitrogen and oxygen atoms in total. The average molecular weight is 368 g/mol. The molecule has 0 aromatic carbocycles. The summed E-state index contributed by atoms with van der Waals surface area (Å²) in [7, 11) is 0. The van der Waals surface area contributed by atoms with Crippen LogP contribution in [0.15, 0.2) is 55.2 Å². The molecule has 0 spiro atoms. The van der Waals surface area contributed by atoms with Gasteiger partial charge in [-0.15, -0.1) is 0 Å². The van der Waals surface area contributed by atoms with Crippen LogP contribution in [0.3, 0.4) is 0 Å². The third kappa shape index (κ3) is 3.40. The fourth-order valence-electron chi connectivity index (χ4n) is 2.34. The van der Waals surface area contributed by atoms with Gasteiger partial charge in [0.15, 0.2) is 11.5 Å². The van der Waals surface area contributed by atoms with Gasteiger partial charge in [0, 0.05) is 12.3 Å². The van der Waals surface area contributed by atoms with Crippen LogP contribution in [0.5, 0.6) is 11.5 Å². The van der Waals surface area contributed by atoms with E-state index in [-0.39, 0.29) is 17.1 Å². The summed E-state index contributed by atoms with van der Waals surface area (Å²) in [6.07, 6.45) is 5.28. The van der Waals surface area contributed by atoms with Crippen molar-refractivity contribution in [3.63, 3.8) is 0 Å². The molecule has 0 aliphatic rings. The van der Waals surface area contributed by atoms with Crippen molar-refractivity contribution in [3.8, 4) is 11.5 Å². The Morgan fingerprint density at radius 1 is 1.11 bits per heavy atom. The van der Waals surface area contributed by atoms with Crippen molar-refractivity contribution < 1.29 is 18.3 Å². The largest absolute Gasteiger partial charge is 0.454 e. The molecule has 10 heteroatoms. The summed E-state index contributed by atoms with van der Waals surface area (Å²) in [5.74, 6) is -2.39. The van der Waals surface area contributed by atoms with Crippen LogP contribution in [-0.2, 0) is 0 Å². The molecular formula is C17H10F2N6O2. The summed E-state index contributed by atoms with van der Waals surface area (Å²) < 4.78 is 33.1. The van der Waals surface area contributed by atoms with Crippen molar-refractivity contribution in [2.24, 2.45) is 0 Å². The van der Waals surface area contributed by atoms with Gasteiger partial charge in [-0.2, -0.15) is 9.49 Å². The number of hydrogen-bond donors (Lipinski definition) is 1. The lowest BCUT2D eigenvalue weighted by Crippen LogP contribution is -2.14. The Bertz CT molecular complexity index is 1130. The van der Waals surface area contributed by atoms with Crippen LogP contribution in [0.4, 0.5) is 14.6 Å². The maximum Gasteiger partial charge on any atom is 0.260 e. The Morgan fingerprint density at radius 2 is 2.00 bits per heavy atom. The quantitative estimate of drug-likeness (QED) is 0.557. The van der Waals surface area contributed by atoms with E-state index in [0.29, 0.717) is 11.5 Å². The van der Waals surface area contributed by atoms with E-state index >= 15 is 0 Å². The molecule has 27 heavy (non-hydrogen) atoms. The van der Waals surface area contributed by atoms with Crippen molar-refractivity contribution >= 4 is 17.4 Å². The minimum absolute atomic E-state index is 0.0375. The monoisotopic (exact) mass is 368 g/mol. The zero-order valence-electron chi connectivity index (χ0n) is 13.5. The fourth-order valence-corrected chi connectivity index (χ4v) is 2.34. The number of halogens is 2. The molecule has 4 aromatic rings. The molecule has 4 heterocycles. The lowest BCUT2D eigenvalue weighted by atomic mass is 10.2. The molecule has 0 unspecified atom stereocenters. The molecule has 1 amide bonds. The predicted octanol–water partition coefficient (Wildman–Crippen LogP) is 2.84. The number of hydrogen-bond acceptors (Lipinski definition) is 6. The topological polar surface area (TPSA) is 94.3 Å². The Hall–Kier alpha value is -3.95. The fraction of sp³-hybridized carbons (Fsp3) is 0. The summed E-state index contributed by atoms with van der Waals surface area (Å²) in [6.45, 7) is 0. The second kappa shape index (κ2) is 6.75. The SMILES string of the molecule is O=C(Nc1ccccn1)c1cc(Oc2cnc(F)c(F)c2)cn2ncnc12. The summed E-state index contributed by atoms with van der Waals surface area (Å²) >= 11 is 0. The van der Waals surface area contributed by atoms with Gasteiger partial charge >= 0.3 is 0 Å². The van der Waals surface area contributed by atoms with Crippen molar-refractivity contribution in [3.05, 3.63) is 72.6 Å². The highest BCUT2D eigenvalue weighted by molar-refractivity contribution is 6.08. The van der Waals surface area contributed by atoms with E-state index in [2.05, 4.69) is 25.4 Å². The van der Waals surface area contributed by atoms with Crippen LogP contribution in [0, 0.1) is 11.8 Å². The number of aromatic nitrogens is 5. The molecule has 0 fully saturated rings. The van der Waals surface area contributed by atoms with Gasteiger partial charge in [0.1, 0.15) is 23.6 Å². The molecule has 0 aliphatic heterocycles. The number of carbonyl (C=O) groups is 1. The van der Waals surface area contributed by atoms with Gasteiger partial charge in [-0.25, -0.2) is 23.9 Å². The number of nitrogens with zero attached hydrogens (tertiary/aromatic N) is 5. The zero-order chi connectivity index (χ0) is 18.8. The van der Waals surface area contributed by atoms with Crippen LogP contribution in [0.2, 0.25) is 0 Å². The molecule has 0 saturated heterocycles. The second-order valence-corrected chi connectivity index (χ2v) is 5.33. The molecule has 1 N–H and O–H groups in total. The Balaban J connectivity index is 1.69. The number of ether oxygens (including phenoxy) is 1. The summed E-state index contributed by atoms with van der Waals surface area (Å²) in [5, 5.41) is 6.62. The van der Waals surface area contributed by atoms with Gasteiger partial charge in [0.25, 0.3) is 5.91 Å². The Morgan fingerprint density at radius 3 is 2.78 bits per heavy atom. The Labute approximate surface area is 150 Å². The third-order valence-electron chi connectivity index (χ3n) is 3.51. The molecular weight excluding hydrogens is 358 g/mol. The van der Waals surface area contributed by atoms with Gasteiger partial charge < -0.3 is 10.1 Å². The molecule has 4 aromatic heterocycles. The molecule has 0 saturated carbocycles. The number of amides is 1. The Kier molecular flexibility index (Phi) is 4.13.